The van der Waals surface area contributed by atoms with E-state index in [4.69, 9.17) is 9.72 Å². The van der Waals surface area contributed by atoms with Crippen molar-refractivity contribution in [2.24, 2.45) is 7.05 Å². The summed E-state index contributed by atoms with van der Waals surface area (Å²) in [4.78, 5) is 30.6. The Morgan fingerprint density at radius 1 is 0.953 bits per heavy atom. The van der Waals surface area contributed by atoms with E-state index in [2.05, 4.69) is 32.0 Å². The number of nitrogens with zero attached hydrogens (tertiary/aromatic N) is 6. The summed E-state index contributed by atoms with van der Waals surface area (Å²) < 4.78 is 22.8. The van der Waals surface area contributed by atoms with Gasteiger partial charge in [-0.2, -0.15) is 0 Å². The number of anilines is 2. The highest BCUT2D eigenvalue weighted by Gasteiger charge is 2.18. The van der Waals surface area contributed by atoms with Crippen LogP contribution in [0.15, 0.2) is 79.3 Å². The predicted octanol–water partition coefficient (Wildman–Crippen LogP) is 5.45. The highest BCUT2D eigenvalue weighted by molar-refractivity contribution is 5.83. The number of carbonyl (C=O) groups is 1. The minimum Gasteiger partial charge on any atom is -0.457 e. The van der Waals surface area contributed by atoms with Crippen LogP contribution < -0.4 is 10.1 Å². The number of piperazine rings is 1. The number of rotatable bonds is 10. The number of benzene rings is 2. The van der Waals surface area contributed by atoms with E-state index in [0.29, 0.717) is 40.9 Å². The zero-order valence-electron chi connectivity index (χ0n) is 24.3. The molecule has 6 rings (SSSR count). The first-order valence-corrected chi connectivity index (χ1v) is 14.5. The summed E-state index contributed by atoms with van der Waals surface area (Å²) in [5.74, 6) is 1.45. The number of hydrogen-bond acceptors (Lipinski definition) is 8. The van der Waals surface area contributed by atoms with Crippen molar-refractivity contribution in [2.75, 3.05) is 44.6 Å². The molecule has 0 unspecified atom stereocenters. The molecule has 1 saturated heterocycles. The Bertz CT molecular complexity index is 1730. The molecule has 0 saturated carbocycles. The maximum atomic E-state index is 14.8. The molecule has 1 aliphatic rings. The third kappa shape index (κ3) is 6.71. The van der Waals surface area contributed by atoms with E-state index in [0.717, 1.165) is 49.4 Å². The lowest BCUT2D eigenvalue weighted by Crippen LogP contribution is -2.47. The van der Waals surface area contributed by atoms with Crippen LogP contribution in [0.25, 0.3) is 22.2 Å². The number of ether oxygens (including phenoxy) is 1. The number of halogens is 1. The molecule has 5 aromatic rings. The number of pyridine rings is 2. The van der Waals surface area contributed by atoms with Gasteiger partial charge in [-0.15, -0.1) is 0 Å². The number of likely N-dealkylation sites (N-methyl/N-ethyl adjacent to an activating group) is 1. The molecule has 0 radical (unpaired) electrons. The normalized spacial score (nSPS) is 14.2. The van der Waals surface area contributed by atoms with Crippen molar-refractivity contribution >= 4 is 28.5 Å². The molecule has 43 heavy (non-hydrogen) atoms. The van der Waals surface area contributed by atoms with Gasteiger partial charge in [-0.25, -0.2) is 9.37 Å². The Morgan fingerprint density at radius 2 is 1.77 bits per heavy atom. The number of Topliss-reactive ketones (excluding diaryl/α,β-unsaturated/α-hetero) is 1. The Hall–Kier alpha value is -4.67. The molecule has 3 aromatic heterocycles. The fourth-order valence-electron chi connectivity index (χ4n) is 5.33. The van der Waals surface area contributed by atoms with Crippen LogP contribution in [0.5, 0.6) is 11.5 Å². The average molecular weight is 580 g/mol. The molecule has 220 valence electrons. The number of hydrogen-bond donors (Lipinski definition) is 1. The fraction of sp³-hybridized carbons (Fsp3) is 0.273. The van der Waals surface area contributed by atoms with Crippen LogP contribution in [0.1, 0.15) is 12.6 Å². The molecule has 0 amide bonds. The maximum Gasteiger partial charge on any atom is 0.208 e. The minimum absolute atomic E-state index is 0.145. The molecule has 0 bridgehead atoms. The largest absolute Gasteiger partial charge is 0.457 e. The fourth-order valence-corrected chi connectivity index (χ4v) is 5.33. The Kier molecular flexibility index (Phi) is 8.39. The lowest BCUT2D eigenvalue weighted by atomic mass is 10.1. The van der Waals surface area contributed by atoms with Crippen LogP contribution in [0, 0.1) is 5.82 Å². The second-order valence-corrected chi connectivity index (χ2v) is 10.7. The van der Waals surface area contributed by atoms with E-state index in [1.807, 2.05) is 41.9 Å². The summed E-state index contributed by atoms with van der Waals surface area (Å²) in [5, 5.41) is 3.14. The SMILES string of the molecule is CCN1CCN(CC(=O)Cc2cc(Oc3ccc4c(c3)nc(Nc3cc(-c5cccnc5)ccc3F)n4C)ccn2)CC1. The van der Waals surface area contributed by atoms with Gasteiger partial charge in [-0.3, -0.25) is 19.7 Å². The number of nitrogens with one attached hydrogen (secondary N) is 1. The van der Waals surface area contributed by atoms with Gasteiger partial charge in [-0.1, -0.05) is 19.1 Å². The van der Waals surface area contributed by atoms with Crippen LogP contribution >= 0.6 is 0 Å². The van der Waals surface area contributed by atoms with Crippen LogP contribution in [0.3, 0.4) is 0 Å². The number of imidazole rings is 1. The lowest BCUT2D eigenvalue weighted by molar-refractivity contribution is -0.120. The van der Waals surface area contributed by atoms with Gasteiger partial charge in [0.05, 0.1) is 35.4 Å². The van der Waals surface area contributed by atoms with E-state index < -0.39 is 0 Å². The van der Waals surface area contributed by atoms with E-state index in [1.54, 1.807) is 42.9 Å². The zero-order valence-corrected chi connectivity index (χ0v) is 24.3. The van der Waals surface area contributed by atoms with E-state index >= 15 is 0 Å². The molecular formula is C33H34FN7O2. The second-order valence-electron chi connectivity index (χ2n) is 10.7. The van der Waals surface area contributed by atoms with Gasteiger partial charge in [0, 0.05) is 69.5 Å². The molecule has 9 nitrogen and oxygen atoms in total. The smallest absolute Gasteiger partial charge is 0.208 e. The van der Waals surface area contributed by atoms with E-state index in [9.17, 15) is 9.18 Å². The topological polar surface area (TPSA) is 88.4 Å². The van der Waals surface area contributed by atoms with Crippen molar-refractivity contribution in [3.63, 3.8) is 0 Å². The summed E-state index contributed by atoms with van der Waals surface area (Å²) >= 11 is 0. The first-order valence-electron chi connectivity index (χ1n) is 14.5. The third-order valence-electron chi connectivity index (χ3n) is 7.77. The van der Waals surface area contributed by atoms with Gasteiger partial charge < -0.3 is 19.5 Å². The average Bonchev–Trinajstić information content (AvgIpc) is 3.33. The number of fused-ring (bicyclic) bond motifs is 1. The molecule has 1 N–H and O–H groups in total. The molecule has 2 aromatic carbocycles. The molecule has 0 spiro atoms. The highest BCUT2D eigenvalue weighted by atomic mass is 19.1. The third-order valence-corrected chi connectivity index (χ3v) is 7.77. The summed E-state index contributed by atoms with van der Waals surface area (Å²) in [6.45, 7) is 7.48. The minimum atomic E-state index is -0.380. The van der Waals surface area contributed by atoms with Gasteiger partial charge in [0.25, 0.3) is 0 Å². The molecule has 1 aliphatic heterocycles. The van der Waals surface area contributed by atoms with Crippen molar-refractivity contribution in [3.8, 4) is 22.6 Å². The number of ketones is 1. The highest BCUT2D eigenvalue weighted by Crippen LogP contribution is 2.30. The van der Waals surface area contributed by atoms with E-state index in [1.165, 1.54) is 6.07 Å². The van der Waals surface area contributed by atoms with Gasteiger partial charge in [-0.05, 0) is 48.5 Å². The van der Waals surface area contributed by atoms with Gasteiger partial charge >= 0.3 is 0 Å². The van der Waals surface area contributed by atoms with Crippen molar-refractivity contribution in [3.05, 3.63) is 90.8 Å². The molecular weight excluding hydrogens is 545 g/mol. The summed E-state index contributed by atoms with van der Waals surface area (Å²) in [5.41, 5.74) is 4.29. The van der Waals surface area contributed by atoms with Crippen molar-refractivity contribution in [2.45, 2.75) is 13.3 Å². The number of aromatic nitrogens is 4. The van der Waals surface area contributed by atoms with E-state index in [-0.39, 0.29) is 18.0 Å². The van der Waals surface area contributed by atoms with Gasteiger partial charge in [0.2, 0.25) is 5.95 Å². The predicted molar refractivity (Wildman–Crippen MR) is 165 cm³/mol. The molecule has 0 aliphatic carbocycles. The molecule has 1 fully saturated rings. The van der Waals surface area contributed by atoms with Crippen molar-refractivity contribution < 1.29 is 13.9 Å². The van der Waals surface area contributed by atoms with Crippen LogP contribution in [0.4, 0.5) is 16.0 Å². The number of carbonyl (C=O) groups excluding carboxylic acids is 1. The first-order chi connectivity index (χ1) is 20.9. The summed E-state index contributed by atoms with van der Waals surface area (Å²) in [6, 6.07) is 17.9. The molecule has 0 atom stereocenters. The van der Waals surface area contributed by atoms with Crippen molar-refractivity contribution in [1.29, 1.82) is 0 Å². The molecule has 10 heteroatoms. The maximum absolute atomic E-state index is 14.8. The Balaban J connectivity index is 1.13. The van der Waals surface area contributed by atoms with Crippen LogP contribution in [-0.2, 0) is 18.3 Å². The van der Waals surface area contributed by atoms with Crippen molar-refractivity contribution in [1.82, 2.24) is 29.3 Å². The van der Waals surface area contributed by atoms with Gasteiger partial charge in [0.15, 0.2) is 5.78 Å². The zero-order chi connectivity index (χ0) is 29.8. The Labute approximate surface area is 250 Å². The Morgan fingerprint density at radius 3 is 2.56 bits per heavy atom. The molecule has 4 heterocycles. The standard InChI is InChI=1S/C33H34FN7O2/c1-3-40-13-15-41(16-14-40)22-26(42)18-25-19-28(10-12-36-25)43-27-7-9-32-31(20-27)38-33(39(32)2)37-30-17-23(6-8-29(30)34)24-5-4-11-35-21-24/h4-12,17,19-21H,3,13-16,18,22H2,1-2H3,(H,37,38). The monoisotopic (exact) mass is 579 g/mol. The number of aryl methyl sites for hydroxylation is 1. The first kappa shape index (κ1) is 28.4. The quantitative estimate of drug-likeness (QED) is 0.234. The van der Waals surface area contributed by atoms with Crippen LogP contribution in [0.2, 0.25) is 0 Å². The summed E-state index contributed by atoms with van der Waals surface area (Å²) in [6.07, 6.45) is 5.37. The summed E-state index contributed by atoms with van der Waals surface area (Å²) in [7, 11) is 1.87. The lowest BCUT2D eigenvalue weighted by Gasteiger charge is -2.33. The van der Waals surface area contributed by atoms with Gasteiger partial charge in [0.1, 0.15) is 17.3 Å². The second kappa shape index (κ2) is 12.7. The van der Waals surface area contributed by atoms with Crippen LogP contribution in [-0.4, -0.2) is 74.4 Å².